The summed E-state index contributed by atoms with van der Waals surface area (Å²) >= 11 is 0. The molecule has 1 atom stereocenters. The van der Waals surface area contributed by atoms with E-state index in [9.17, 15) is 0 Å². The highest BCUT2D eigenvalue weighted by Crippen LogP contribution is 2.19. The molecule has 5 nitrogen and oxygen atoms in total. The minimum absolute atomic E-state index is 0.0842. The number of benzene rings is 1. The first-order valence-electron chi connectivity index (χ1n) is 5.62. The molecular weight excluding hydrogens is 214 g/mol. The summed E-state index contributed by atoms with van der Waals surface area (Å²) in [4.78, 5) is 1.45. The fraction of sp³-hybridized carbons (Fsp3) is 0.417. The number of aromatic nitrogens is 4. The van der Waals surface area contributed by atoms with Gasteiger partial charge in [0, 0.05) is 12.5 Å². The van der Waals surface area contributed by atoms with Crippen LogP contribution >= 0.6 is 0 Å². The van der Waals surface area contributed by atoms with Gasteiger partial charge in [0.15, 0.2) is 5.82 Å². The van der Waals surface area contributed by atoms with E-state index in [1.807, 2.05) is 0 Å². The van der Waals surface area contributed by atoms with Crippen LogP contribution in [0.4, 0.5) is 0 Å². The van der Waals surface area contributed by atoms with Crippen LogP contribution in [-0.2, 0) is 13.5 Å². The lowest BCUT2D eigenvalue weighted by atomic mass is 9.97. The Hall–Kier alpha value is -1.75. The first-order chi connectivity index (χ1) is 8.06. The topological polar surface area (TPSA) is 69.6 Å². The van der Waals surface area contributed by atoms with Gasteiger partial charge in [0.05, 0.1) is 7.05 Å². The van der Waals surface area contributed by atoms with Crippen molar-refractivity contribution in [1.82, 2.24) is 20.2 Å². The van der Waals surface area contributed by atoms with E-state index in [0.29, 0.717) is 12.2 Å². The summed E-state index contributed by atoms with van der Waals surface area (Å²) in [6, 6.07) is 6.22. The van der Waals surface area contributed by atoms with Gasteiger partial charge in [-0.25, -0.2) is 0 Å². The van der Waals surface area contributed by atoms with E-state index in [4.69, 9.17) is 5.73 Å². The predicted molar refractivity (Wildman–Crippen MR) is 65.3 cm³/mol. The van der Waals surface area contributed by atoms with Crippen LogP contribution in [-0.4, -0.2) is 20.2 Å². The minimum Gasteiger partial charge on any atom is -0.324 e. The van der Waals surface area contributed by atoms with E-state index in [2.05, 4.69) is 47.5 Å². The number of hydrogen-bond acceptors (Lipinski definition) is 4. The molecule has 90 valence electrons. The molecule has 1 unspecified atom stereocenters. The van der Waals surface area contributed by atoms with Gasteiger partial charge in [-0.3, -0.25) is 0 Å². The third-order valence-electron chi connectivity index (χ3n) is 2.79. The van der Waals surface area contributed by atoms with Crippen molar-refractivity contribution >= 4 is 0 Å². The fourth-order valence-electron chi connectivity index (χ4n) is 1.87. The monoisotopic (exact) mass is 231 g/mol. The molecule has 0 aliphatic heterocycles. The van der Waals surface area contributed by atoms with E-state index in [-0.39, 0.29) is 6.04 Å². The van der Waals surface area contributed by atoms with Gasteiger partial charge in [-0.2, -0.15) is 4.80 Å². The van der Waals surface area contributed by atoms with Crippen molar-refractivity contribution in [3.8, 4) is 0 Å². The summed E-state index contributed by atoms with van der Waals surface area (Å²) in [6.45, 7) is 4.13. The Morgan fingerprint density at radius 1 is 1.35 bits per heavy atom. The Morgan fingerprint density at radius 2 is 2.12 bits per heavy atom. The summed E-state index contributed by atoms with van der Waals surface area (Å²) in [5.41, 5.74) is 9.76. The van der Waals surface area contributed by atoms with E-state index < -0.39 is 0 Å². The van der Waals surface area contributed by atoms with Crippen LogP contribution < -0.4 is 5.73 Å². The normalized spacial score (nSPS) is 12.7. The van der Waals surface area contributed by atoms with Crippen molar-refractivity contribution in [2.24, 2.45) is 12.8 Å². The zero-order chi connectivity index (χ0) is 12.4. The number of aryl methyl sites for hydroxylation is 3. The first kappa shape index (κ1) is 11.7. The van der Waals surface area contributed by atoms with Crippen molar-refractivity contribution in [2.75, 3.05) is 0 Å². The quantitative estimate of drug-likeness (QED) is 0.857. The van der Waals surface area contributed by atoms with Crippen LogP contribution in [0.3, 0.4) is 0 Å². The molecule has 0 radical (unpaired) electrons. The Bertz CT molecular complexity index is 517. The highest BCUT2D eigenvalue weighted by molar-refractivity contribution is 5.33. The average Bonchev–Trinajstić information content (AvgIpc) is 2.67. The Labute approximate surface area is 101 Å². The van der Waals surface area contributed by atoms with Gasteiger partial charge in [0.25, 0.3) is 0 Å². The highest BCUT2D eigenvalue weighted by Gasteiger charge is 2.13. The van der Waals surface area contributed by atoms with Gasteiger partial charge in [-0.05, 0) is 30.2 Å². The molecule has 1 heterocycles. The Kier molecular flexibility index (Phi) is 3.19. The molecule has 0 aliphatic carbocycles. The molecule has 0 spiro atoms. The van der Waals surface area contributed by atoms with Crippen LogP contribution in [0, 0.1) is 13.8 Å². The first-order valence-corrected chi connectivity index (χ1v) is 5.62. The summed E-state index contributed by atoms with van der Waals surface area (Å²) in [7, 11) is 1.75. The number of tetrazole rings is 1. The third-order valence-corrected chi connectivity index (χ3v) is 2.79. The van der Waals surface area contributed by atoms with Crippen molar-refractivity contribution in [3.63, 3.8) is 0 Å². The Morgan fingerprint density at radius 3 is 2.76 bits per heavy atom. The van der Waals surface area contributed by atoms with Gasteiger partial charge in [-0.1, -0.05) is 23.8 Å². The molecule has 17 heavy (non-hydrogen) atoms. The number of hydrogen-bond donors (Lipinski definition) is 1. The van der Waals surface area contributed by atoms with Crippen LogP contribution in [0.2, 0.25) is 0 Å². The zero-order valence-corrected chi connectivity index (χ0v) is 10.4. The second kappa shape index (κ2) is 4.63. The summed E-state index contributed by atoms with van der Waals surface area (Å²) in [5.74, 6) is 0.681. The average molecular weight is 231 g/mol. The number of nitrogens with two attached hydrogens (primary N) is 1. The molecule has 2 aromatic rings. The zero-order valence-electron chi connectivity index (χ0n) is 10.4. The van der Waals surface area contributed by atoms with Crippen molar-refractivity contribution in [1.29, 1.82) is 0 Å². The fourth-order valence-corrected chi connectivity index (χ4v) is 1.87. The molecule has 0 fully saturated rings. The molecule has 2 N–H and O–H groups in total. The van der Waals surface area contributed by atoms with Crippen LogP contribution in [0.5, 0.6) is 0 Å². The summed E-state index contributed by atoms with van der Waals surface area (Å²) in [6.07, 6.45) is 0.609. The van der Waals surface area contributed by atoms with Gasteiger partial charge in [0.1, 0.15) is 0 Å². The maximum absolute atomic E-state index is 6.19. The molecule has 1 aromatic heterocycles. The van der Waals surface area contributed by atoms with Gasteiger partial charge >= 0.3 is 0 Å². The molecule has 0 saturated carbocycles. The van der Waals surface area contributed by atoms with Crippen molar-refractivity contribution in [3.05, 3.63) is 40.7 Å². The molecule has 0 saturated heterocycles. The largest absolute Gasteiger partial charge is 0.324 e. The maximum atomic E-state index is 6.19. The molecule has 0 amide bonds. The van der Waals surface area contributed by atoms with Crippen LogP contribution in [0.25, 0.3) is 0 Å². The lowest BCUT2D eigenvalue weighted by molar-refractivity contribution is 0.622. The summed E-state index contributed by atoms with van der Waals surface area (Å²) < 4.78 is 0. The lowest BCUT2D eigenvalue weighted by Gasteiger charge is -2.13. The molecule has 2 rings (SSSR count). The summed E-state index contributed by atoms with van der Waals surface area (Å²) in [5, 5.41) is 11.9. The second-order valence-corrected chi connectivity index (χ2v) is 4.37. The van der Waals surface area contributed by atoms with Crippen LogP contribution in [0.1, 0.15) is 28.6 Å². The maximum Gasteiger partial charge on any atom is 0.176 e. The molecular formula is C12H17N5. The molecule has 0 aliphatic rings. The van der Waals surface area contributed by atoms with E-state index in [1.54, 1.807) is 7.05 Å². The smallest absolute Gasteiger partial charge is 0.176 e. The lowest BCUT2D eigenvalue weighted by Crippen LogP contribution is -2.15. The van der Waals surface area contributed by atoms with Gasteiger partial charge < -0.3 is 5.73 Å². The van der Waals surface area contributed by atoms with Gasteiger partial charge in [-0.15, -0.1) is 10.2 Å². The SMILES string of the molecule is Cc1ccc(C)c(C(N)Cc2nnn(C)n2)c1. The van der Waals surface area contributed by atoms with E-state index in [1.165, 1.54) is 15.9 Å². The van der Waals surface area contributed by atoms with Crippen LogP contribution in [0.15, 0.2) is 18.2 Å². The second-order valence-electron chi connectivity index (χ2n) is 4.37. The van der Waals surface area contributed by atoms with Gasteiger partial charge in [0.2, 0.25) is 0 Å². The molecule has 5 heteroatoms. The van der Waals surface area contributed by atoms with Crippen molar-refractivity contribution in [2.45, 2.75) is 26.3 Å². The van der Waals surface area contributed by atoms with E-state index in [0.717, 1.165) is 5.56 Å². The molecule has 1 aromatic carbocycles. The number of rotatable bonds is 3. The Balaban J connectivity index is 2.19. The number of nitrogens with zero attached hydrogens (tertiary/aromatic N) is 4. The predicted octanol–water partition coefficient (Wildman–Crippen LogP) is 1.07. The van der Waals surface area contributed by atoms with Crippen molar-refractivity contribution < 1.29 is 0 Å². The van der Waals surface area contributed by atoms with E-state index >= 15 is 0 Å². The highest BCUT2D eigenvalue weighted by atomic mass is 15.6. The minimum atomic E-state index is -0.0842. The third kappa shape index (κ3) is 2.68. The molecule has 0 bridgehead atoms. The standard InChI is InChI=1S/C12H17N5/c1-8-4-5-9(2)10(6-8)11(13)7-12-14-16-17(3)15-12/h4-6,11H,7,13H2,1-3H3.